The number of ether oxygens (including phenoxy) is 1. The first kappa shape index (κ1) is 14.9. The zero-order chi connectivity index (χ0) is 14.5. The first-order chi connectivity index (χ1) is 9.60. The summed E-state index contributed by atoms with van der Waals surface area (Å²) in [5.74, 6) is 0.000256. The Balaban J connectivity index is 1.93. The zero-order valence-corrected chi connectivity index (χ0v) is 12.1. The summed E-state index contributed by atoms with van der Waals surface area (Å²) in [5, 5.41) is 9.60. The van der Waals surface area contributed by atoms with Gasteiger partial charge in [0.25, 0.3) is 0 Å². The highest BCUT2D eigenvalue weighted by molar-refractivity contribution is 5.87. The van der Waals surface area contributed by atoms with Gasteiger partial charge < -0.3 is 9.84 Å². The summed E-state index contributed by atoms with van der Waals surface area (Å²) in [6.45, 7) is 4.51. The molecule has 1 atom stereocenters. The molecule has 5 heteroatoms. The van der Waals surface area contributed by atoms with Crippen molar-refractivity contribution in [3.8, 4) is 0 Å². The minimum atomic E-state index is -0.403. The van der Waals surface area contributed by atoms with Crippen LogP contribution in [0.5, 0.6) is 0 Å². The molecule has 0 saturated carbocycles. The van der Waals surface area contributed by atoms with Gasteiger partial charge in [-0.2, -0.15) is 0 Å². The Morgan fingerprint density at radius 1 is 1.50 bits per heavy atom. The summed E-state index contributed by atoms with van der Waals surface area (Å²) in [4.78, 5) is 18.1. The molecular formula is C15H22N2O3. The number of pyridine rings is 1. The van der Waals surface area contributed by atoms with Gasteiger partial charge in [0, 0.05) is 6.54 Å². The van der Waals surface area contributed by atoms with Gasteiger partial charge in [-0.25, -0.2) is 9.78 Å². The topological polar surface area (TPSA) is 62.7 Å². The van der Waals surface area contributed by atoms with Crippen molar-refractivity contribution in [2.24, 2.45) is 5.92 Å². The third-order valence-electron chi connectivity index (χ3n) is 3.90. The number of rotatable bonds is 4. The highest BCUT2D eigenvalue weighted by Gasteiger charge is 2.22. The number of aromatic nitrogens is 1. The number of piperidine rings is 1. The average molecular weight is 278 g/mol. The van der Waals surface area contributed by atoms with Crippen LogP contribution in [0.4, 0.5) is 0 Å². The summed E-state index contributed by atoms with van der Waals surface area (Å²) in [7, 11) is 1.36. The van der Waals surface area contributed by atoms with Gasteiger partial charge in [-0.15, -0.1) is 0 Å². The third kappa shape index (κ3) is 3.77. The second-order valence-electron chi connectivity index (χ2n) is 5.36. The number of carbonyl (C=O) groups excluding carboxylic acids is 1. The maximum absolute atomic E-state index is 11.4. The maximum Gasteiger partial charge on any atom is 0.356 e. The molecule has 1 aliphatic rings. The highest BCUT2D eigenvalue weighted by atomic mass is 16.5. The summed E-state index contributed by atoms with van der Waals surface area (Å²) >= 11 is 0. The first-order valence-corrected chi connectivity index (χ1v) is 7.05. The van der Waals surface area contributed by atoms with Crippen LogP contribution >= 0.6 is 0 Å². The molecule has 5 nitrogen and oxygen atoms in total. The minimum absolute atomic E-state index is 0.224. The molecule has 2 rings (SSSR count). The summed E-state index contributed by atoms with van der Waals surface area (Å²) in [6, 6.07) is 5.42. The Bertz CT molecular complexity index is 454. The fourth-order valence-corrected chi connectivity index (χ4v) is 2.61. The molecule has 0 spiro atoms. The average Bonchev–Trinajstić information content (AvgIpc) is 2.47. The molecule has 0 aromatic carbocycles. The third-order valence-corrected chi connectivity index (χ3v) is 3.90. The molecule has 20 heavy (non-hydrogen) atoms. The van der Waals surface area contributed by atoms with Gasteiger partial charge >= 0.3 is 5.97 Å². The van der Waals surface area contributed by atoms with Crippen molar-refractivity contribution >= 4 is 5.97 Å². The second kappa shape index (κ2) is 6.81. The molecule has 0 aliphatic carbocycles. The van der Waals surface area contributed by atoms with Crippen molar-refractivity contribution in [1.82, 2.24) is 9.88 Å². The van der Waals surface area contributed by atoms with Gasteiger partial charge in [-0.1, -0.05) is 6.07 Å². The van der Waals surface area contributed by atoms with Gasteiger partial charge in [0.15, 0.2) is 0 Å². The molecule has 0 bridgehead atoms. The van der Waals surface area contributed by atoms with Crippen LogP contribution in [0, 0.1) is 5.92 Å². The van der Waals surface area contributed by atoms with Crippen LogP contribution in [0.3, 0.4) is 0 Å². The lowest BCUT2D eigenvalue weighted by atomic mass is 9.92. The second-order valence-corrected chi connectivity index (χ2v) is 5.36. The van der Waals surface area contributed by atoms with Crippen molar-refractivity contribution in [2.75, 3.05) is 20.2 Å². The lowest BCUT2D eigenvalue weighted by Gasteiger charge is -2.33. The summed E-state index contributed by atoms with van der Waals surface area (Å²) in [6.07, 6.45) is 1.79. The number of esters is 1. The number of hydrogen-bond donors (Lipinski definition) is 1. The molecular weight excluding hydrogens is 256 g/mol. The van der Waals surface area contributed by atoms with E-state index in [2.05, 4.69) is 14.6 Å². The molecule has 1 fully saturated rings. The molecule has 1 saturated heterocycles. The minimum Gasteiger partial charge on any atom is -0.464 e. The first-order valence-electron chi connectivity index (χ1n) is 7.05. The summed E-state index contributed by atoms with van der Waals surface area (Å²) < 4.78 is 4.68. The van der Waals surface area contributed by atoms with E-state index in [9.17, 15) is 9.90 Å². The Morgan fingerprint density at radius 3 is 2.80 bits per heavy atom. The van der Waals surface area contributed by atoms with E-state index < -0.39 is 5.97 Å². The van der Waals surface area contributed by atoms with Crippen molar-refractivity contribution in [2.45, 2.75) is 32.4 Å². The molecule has 1 aliphatic heterocycles. The fourth-order valence-electron chi connectivity index (χ4n) is 2.61. The highest BCUT2D eigenvalue weighted by Crippen LogP contribution is 2.21. The van der Waals surface area contributed by atoms with Gasteiger partial charge in [0.1, 0.15) is 5.69 Å². The Hall–Kier alpha value is -1.46. The van der Waals surface area contributed by atoms with Crippen LogP contribution in [-0.2, 0) is 11.3 Å². The van der Waals surface area contributed by atoms with E-state index in [1.165, 1.54) is 7.11 Å². The Labute approximate surface area is 119 Å². The van der Waals surface area contributed by atoms with Gasteiger partial charge in [0.05, 0.1) is 18.9 Å². The largest absolute Gasteiger partial charge is 0.464 e. The van der Waals surface area contributed by atoms with Crippen LogP contribution in [0.25, 0.3) is 0 Å². The molecule has 1 N–H and O–H groups in total. The van der Waals surface area contributed by atoms with E-state index >= 15 is 0 Å². The van der Waals surface area contributed by atoms with Crippen LogP contribution in [-0.4, -0.2) is 47.3 Å². The molecule has 1 unspecified atom stereocenters. The number of methoxy groups -OCH3 is 1. The number of carbonyl (C=O) groups is 1. The predicted octanol–water partition coefficient (Wildman–Crippen LogP) is 1.46. The molecule has 2 heterocycles. The van der Waals surface area contributed by atoms with E-state index in [4.69, 9.17) is 0 Å². The zero-order valence-electron chi connectivity index (χ0n) is 12.1. The number of likely N-dealkylation sites (tertiary alicyclic amines) is 1. The standard InChI is InChI=1S/C15H22N2O3/c1-11(18)12-6-8-17(9-7-12)10-13-4-3-5-14(16-13)15(19)20-2/h3-5,11-12,18H,6-10H2,1-2H3. The quantitative estimate of drug-likeness (QED) is 0.845. The Kier molecular flexibility index (Phi) is 5.09. The fraction of sp³-hybridized carbons (Fsp3) is 0.600. The molecule has 110 valence electrons. The maximum atomic E-state index is 11.4. The van der Waals surface area contributed by atoms with Crippen LogP contribution < -0.4 is 0 Å². The molecule has 0 amide bonds. The Morgan fingerprint density at radius 2 is 2.20 bits per heavy atom. The van der Waals surface area contributed by atoms with Crippen molar-refractivity contribution in [1.29, 1.82) is 0 Å². The van der Waals surface area contributed by atoms with Gasteiger partial charge in [0.2, 0.25) is 0 Å². The van der Waals surface area contributed by atoms with Crippen LogP contribution in [0.15, 0.2) is 18.2 Å². The molecule has 1 aromatic rings. The number of aliphatic hydroxyl groups excluding tert-OH is 1. The smallest absolute Gasteiger partial charge is 0.356 e. The van der Waals surface area contributed by atoms with Crippen molar-refractivity contribution < 1.29 is 14.6 Å². The van der Waals surface area contributed by atoms with E-state index in [1.807, 2.05) is 19.1 Å². The predicted molar refractivity (Wildman–Crippen MR) is 75.3 cm³/mol. The molecule has 0 radical (unpaired) electrons. The lowest BCUT2D eigenvalue weighted by molar-refractivity contribution is 0.0590. The van der Waals surface area contributed by atoms with E-state index in [1.54, 1.807) is 6.07 Å². The van der Waals surface area contributed by atoms with E-state index in [-0.39, 0.29) is 6.10 Å². The molecule has 1 aromatic heterocycles. The monoisotopic (exact) mass is 278 g/mol. The van der Waals surface area contributed by atoms with Crippen molar-refractivity contribution in [3.63, 3.8) is 0 Å². The van der Waals surface area contributed by atoms with Gasteiger partial charge in [-0.3, -0.25) is 4.90 Å². The van der Waals surface area contributed by atoms with E-state index in [0.717, 1.165) is 38.2 Å². The summed E-state index contributed by atoms with van der Waals surface area (Å²) in [5.41, 5.74) is 1.23. The SMILES string of the molecule is COC(=O)c1cccc(CN2CCC(C(C)O)CC2)n1. The number of aliphatic hydroxyl groups is 1. The van der Waals surface area contributed by atoms with Crippen molar-refractivity contribution in [3.05, 3.63) is 29.6 Å². The van der Waals surface area contributed by atoms with Crippen LogP contribution in [0.1, 0.15) is 35.9 Å². The van der Waals surface area contributed by atoms with Crippen LogP contribution in [0.2, 0.25) is 0 Å². The van der Waals surface area contributed by atoms with E-state index in [0.29, 0.717) is 11.6 Å². The van der Waals surface area contributed by atoms with Gasteiger partial charge in [-0.05, 0) is 50.9 Å². The lowest BCUT2D eigenvalue weighted by Crippen LogP contribution is -2.36. The normalized spacial score (nSPS) is 18.8. The number of nitrogens with zero attached hydrogens (tertiary/aromatic N) is 2. The number of hydrogen-bond acceptors (Lipinski definition) is 5.